The van der Waals surface area contributed by atoms with E-state index in [9.17, 15) is 127 Å². The number of esters is 9. The van der Waals surface area contributed by atoms with Crippen LogP contribution in [-0.2, 0) is 143 Å². The molecule has 6 rings (SSSR count). The number of hydrogen-bond acceptors (Lipinski definition) is 30. The first-order chi connectivity index (χ1) is 58.5. The fraction of sp³-hybridized carbons (Fsp3) is 0.753. The van der Waals surface area contributed by atoms with Crippen molar-refractivity contribution < 1.29 is 170 Å². The number of carbonyl (C=O) groups is 21. The van der Waals surface area contributed by atoms with E-state index in [0.29, 0.717) is 68.1 Å². The molecule has 6 aliphatic rings. The summed E-state index contributed by atoms with van der Waals surface area (Å²) in [5.41, 5.74) is -9.39. The van der Waals surface area contributed by atoms with E-state index in [1.165, 1.54) is 27.7 Å². The first-order valence-corrected chi connectivity index (χ1v) is 42.5. The molecule has 6 fully saturated rings. The summed E-state index contributed by atoms with van der Waals surface area (Å²) in [6.07, 6.45) is -11.0. The monoisotopic (exact) mass is 1830 g/mol. The highest BCUT2D eigenvalue weighted by Gasteiger charge is 2.70. The Hall–Kier alpha value is -10.3. The lowest BCUT2D eigenvalue weighted by Crippen LogP contribution is -2.74. The van der Waals surface area contributed by atoms with E-state index in [0.717, 1.165) is 40.4 Å². The number of rotatable bonds is 33. The summed E-state index contributed by atoms with van der Waals surface area (Å²) in [4.78, 5) is 251. The molecule has 127 heavy (non-hydrogen) atoms. The van der Waals surface area contributed by atoms with Crippen molar-refractivity contribution in [1.29, 1.82) is 0 Å². The molecule has 0 aliphatic carbocycles. The van der Waals surface area contributed by atoms with Gasteiger partial charge in [-0.3, -0.25) is 101 Å². The fourth-order valence-corrected chi connectivity index (χ4v) is 12.7. The summed E-state index contributed by atoms with van der Waals surface area (Å²) in [6.45, 7) is 38.9. The van der Waals surface area contributed by atoms with Crippen molar-refractivity contribution in [3.8, 4) is 0 Å². The highest BCUT2D eigenvalue weighted by atomic mass is 19.4. The lowest BCUT2D eigenvalue weighted by molar-refractivity contribution is -0.248. The van der Waals surface area contributed by atoms with Gasteiger partial charge >= 0.3 is 66.1 Å². The minimum atomic E-state index is -4.84. The number of β-lactam (4-membered cyclic amide) rings is 6. The molecule has 10 unspecified atom stereocenters. The maximum atomic E-state index is 13.3. The summed E-state index contributed by atoms with van der Waals surface area (Å²) in [7, 11) is 0. The maximum Gasteiger partial charge on any atom is 0.404 e. The Kier molecular flexibility index (Phi) is 43.0. The second kappa shape index (κ2) is 47.6. The number of alkyl halides is 6. The zero-order valence-electron chi connectivity index (χ0n) is 77.7. The van der Waals surface area contributed by atoms with Crippen molar-refractivity contribution in [1.82, 2.24) is 29.4 Å². The molecule has 10 atom stereocenters. The van der Waals surface area contributed by atoms with Crippen molar-refractivity contribution in [2.24, 2.45) is 49.7 Å². The van der Waals surface area contributed by atoms with Gasteiger partial charge in [-0.15, -0.1) is 0 Å². The molecule has 720 valence electrons. The maximum absolute atomic E-state index is 13.3. The van der Waals surface area contributed by atoms with Crippen LogP contribution < -0.4 is 0 Å². The Morgan fingerprint density at radius 1 is 0.354 bits per heavy atom. The van der Waals surface area contributed by atoms with Crippen LogP contribution in [0.1, 0.15) is 296 Å². The Bertz CT molecular complexity index is 4060. The minimum Gasteiger partial charge on any atom is -0.455 e. The number of likely N-dealkylation sites (tertiary alicyclic amines) is 6. The molecule has 0 saturated carbocycles. The van der Waals surface area contributed by atoms with Gasteiger partial charge in [0.2, 0.25) is 53.2 Å². The van der Waals surface area contributed by atoms with Gasteiger partial charge in [-0.05, 0) is 105 Å². The normalized spacial score (nSPS) is 20.7. The SMILES string of the molecule is CCC(=O)OC1N(C(=O)C(C)(C)CC)C(=O)C1(CC)CC.CCC(=O)OC1N(C(=O)C(C)(CC)C(F)(F)F)C(=O)C1(CC)CC.CCC(=O)OC1N(C(=O)C(C)CC)C(=O)C1(CC)CC.CCC(C)(C(=O)OCC(=O)N1C(=O)CC1OC(C)=O)C(F)(F)F.CCC(C)(C)C(=O)OCC(=O)N1C(=O)CC1OC(C)=O.CCC(C)C(=O)OCC(=O)N1C(=O)CC1OC(C)=O. The standard InChI is InChI=1S/C16H24F3NO4.C16H27NO4.C15H25NO4.C13H16F3NO6.C13H19NO6.C12H17NO6/c1-6-10(21)24-13-15(8-3,9-4)12(23)20(13)11(22)14(5,7-2)16(17,18)19;1-7-11(18)21-14-16(9-3,10-4)13(20)17(14)12(19)15(5,6)8-2;1-6-10(5)12(18)16-13(19)15(8-3,9-4)14(16)20-11(17)7-2;1-4-12(3,13(14,15)16)11(21)22-6-9(20)17-8(19)5-10(17)23-7(2)18;1-5-13(3,4)12(18)19-7-10(17)14-9(16)6-11(14)20-8(2)15;1-4-7(2)12(17)18-6-10(16)13-9(15)5-11(13)19-8(3)14/h13H,6-9H2,1-5H3;14H,7-10H2,1-6H3;10,14H,6-9H2,1-5H3;10H,4-6H2,1-3H3;11H,5-7H2,1-4H3;7,11H,4-6H2,1-3H3. The van der Waals surface area contributed by atoms with Crippen LogP contribution in [0.2, 0.25) is 0 Å². The molecular formula is C85H128F6N6O30. The highest BCUT2D eigenvalue weighted by Crippen LogP contribution is 2.53. The number of carbonyl (C=O) groups excluding carboxylic acids is 21. The minimum absolute atomic E-state index is 0.000542. The van der Waals surface area contributed by atoms with Gasteiger partial charge in [0.15, 0.2) is 62.6 Å². The molecule has 6 heterocycles. The summed E-state index contributed by atoms with van der Waals surface area (Å²) in [6, 6.07) is 0. The Balaban J connectivity index is 0.000000763. The number of halogens is 6. The van der Waals surface area contributed by atoms with Gasteiger partial charge in [-0.25, -0.2) is 29.4 Å². The van der Waals surface area contributed by atoms with Crippen molar-refractivity contribution >= 4 is 125 Å². The van der Waals surface area contributed by atoms with Gasteiger partial charge in [0.05, 0.1) is 30.6 Å². The van der Waals surface area contributed by atoms with Crippen LogP contribution in [0, 0.1) is 49.7 Å². The molecule has 42 heteroatoms. The Labute approximate surface area is 735 Å². The zero-order valence-corrected chi connectivity index (χ0v) is 77.7. The van der Waals surface area contributed by atoms with Crippen LogP contribution in [0.25, 0.3) is 0 Å². The summed E-state index contributed by atoms with van der Waals surface area (Å²) in [5, 5.41) is 0. The second-order valence-corrected chi connectivity index (χ2v) is 32.6. The molecule has 0 aromatic rings. The van der Waals surface area contributed by atoms with Crippen molar-refractivity contribution in [3.05, 3.63) is 0 Å². The summed E-state index contributed by atoms with van der Waals surface area (Å²) < 4.78 is 123. The third-order valence-corrected chi connectivity index (χ3v) is 24.1. The molecule has 0 radical (unpaired) electrons. The summed E-state index contributed by atoms with van der Waals surface area (Å²) in [5.74, 6) is -13.5. The molecule has 12 amide bonds. The van der Waals surface area contributed by atoms with Crippen LogP contribution >= 0.6 is 0 Å². The number of nitrogens with zero attached hydrogens (tertiary/aromatic N) is 6. The molecule has 6 saturated heterocycles. The molecule has 6 aliphatic heterocycles. The third-order valence-electron chi connectivity index (χ3n) is 24.1. The van der Waals surface area contributed by atoms with Gasteiger partial charge in [0.25, 0.3) is 17.7 Å². The number of imide groups is 6. The molecule has 0 N–H and O–H groups in total. The van der Waals surface area contributed by atoms with E-state index in [1.54, 1.807) is 69.2 Å². The topological polar surface area (TPSA) is 461 Å². The van der Waals surface area contributed by atoms with E-state index in [2.05, 4.69) is 9.47 Å². The van der Waals surface area contributed by atoms with E-state index >= 15 is 0 Å². The van der Waals surface area contributed by atoms with Gasteiger partial charge in [-0.1, -0.05) is 132 Å². The van der Waals surface area contributed by atoms with Crippen LogP contribution in [0.4, 0.5) is 26.3 Å². The van der Waals surface area contributed by atoms with Crippen molar-refractivity contribution in [3.63, 3.8) is 0 Å². The van der Waals surface area contributed by atoms with Crippen molar-refractivity contribution in [2.75, 3.05) is 19.8 Å². The smallest absolute Gasteiger partial charge is 0.404 e. The molecule has 0 bridgehead atoms. The predicted molar refractivity (Wildman–Crippen MR) is 430 cm³/mol. The van der Waals surface area contributed by atoms with E-state index in [1.807, 2.05) is 55.4 Å². The van der Waals surface area contributed by atoms with Crippen LogP contribution in [0.15, 0.2) is 0 Å². The van der Waals surface area contributed by atoms with Crippen molar-refractivity contribution in [2.45, 2.75) is 345 Å². The van der Waals surface area contributed by atoms with Crippen LogP contribution in [0.3, 0.4) is 0 Å². The Morgan fingerprint density at radius 2 is 0.630 bits per heavy atom. The molecule has 36 nitrogen and oxygen atoms in total. The number of hydrogen-bond donors (Lipinski definition) is 0. The van der Waals surface area contributed by atoms with Gasteiger partial charge in [0, 0.05) is 51.4 Å². The lowest BCUT2D eigenvalue weighted by Gasteiger charge is -2.54. The quantitative estimate of drug-likeness (QED) is 0.0255. The summed E-state index contributed by atoms with van der Waals surface area (Å²) >= 11 is 0. The second-order valence-electron chi connectivity index (χ2n) is 32.6. The van der Waals surface area contributed by atoms with Gasteiger partial charge in [-0.2, -0.15) is 26.3 Å². The third kappa shape index (κ3) is 26.2. The Morgan fingerprint density at radius 3 is 0.882 bits per heavy atom. The first-order valence-electron chi connectivity index (χ1n) is 42.5. The molecule has 0 aromatic carbocycles. The van der Waals surface area contributed by atoms with Crippen LogP contribution in [-0.4, -0.2) is 224 Å². The van der Waals surface area contributed by atoms with Gasteiger partial charge < -0.3 is 42.6 Å². The van der Waals surface area contributed by atoms with E-state index in [-0.39, 0.29) is 98.8 Å². The van der Waals surface area contributed by atoms with Gasteiger partial charge in [0.1, 0.15) is 21.7 Å². The van der Waals surface area contributed by atoms with E-state index < -0.39 is 209 Å². The highest BCUT2D eigenvalue weighted by molar-refractivity contribution is 6.08. The lowest BCUT2D eigenvalue weighted by atomic mass is 9.70. The van der Waals surface area contributed by atoms with E-state index in [4.69, 9.17) is 33.2 Å². The zero-order chi connectivity index (χ0) is 98.9. The first kappa shape index (κ1) is 115. The molecule has 0 aromatic heterocycles. The largest absolute Gasteiger partial charge is 0.455 e. The average molecular weight is 1830 g/mol. The number of amides is 12. The fourth-order valence-electron chi connectivity index (χ4n) is 12.7. The molecule has 0 spiro atoms. The number of ether oxygens (including phenoxy) is 9. The van der Waals surface area contributed by atoms with Crippen LogP contribution in [0.5, 0.6) is 0 Å². The molecular weight excluding hydrogens is 1700 g/mol. The predicted octanol–water partition coefficient (Wildman–Crippen LogP) is 10.8. The average Bonchev–Trinajstić information content (AvgIpc) is 0.712.